The lowest BCUT2D eigenvalue weighted by atomic mass is 9.99. The second-order valence-corrected chi connectivity index (χ2v) is 6.74. The third kappa shape index (κ3) is 3.23. The topological polar surface area (TPSA) is 86.4 Å². The number of likely N-dealkylation sites (tertiary alicyclic amines) is 1. The zero-order valence-corrected chi connectivity index (χ0v) is 15.4. The van der Waals surface area contributed by atoms with Crippen LogP contribution >= 0.6 is 0 Å². The molecule has 0 aliphatic carbocycles. The highest BCUT2D eigenvalue weighted by Gasteiger charge is 2.23. The summed E-state index contributed by atoms with van der Waals surface area (Å²) in [6.45, 7) is 5.41. The van der Waals surface area contributed by atoms with Gasteiger partial charge in [-0.05, 0) is 31.7 Å². The minimum atomic E-state index is -0.553. The molecule has 8 heteroatoms. The zero-order chi connectivity index (χ0) is 18.8. The summed E-state index contributed by atoms with van der Waals surface area (Å²) in [5.74, 6) is 0.749. The predicted octanol–water partition coefficient (Wildman–Crippen LogP) is 0.752. The molecule has 0 saturated carbocycles. The van der Waals surface area contributed by atoms with Crippen molar-refractivity contribution in [1.29, 1.82) is 0 Å². The van der Waals surface area contributed by atoms with Gasteiger partial charge in [0.1, 0.15) is 17.7 Å². The highest BCUT2D eigenvalue weighted by Crippen LogP contribution is 2.19. The zero-order valence-electron chi connectivity index (χ0n) is 15.4. The third-order valence-electron chi connectivity index (χ3n) is 4.92. The van der Waals surface area contributed by atoms with Crippen molar-refractivity contribution in [3.05, 3.63) is 33.1 Å². The van der Waals surface area contributed by atoms with Gasteiger partial charge in [0, 0.05) is 26.3 Å². The van der Waals surface area contributed by atoms with Crippen molar-refractivity contribution in [1.82, 2.24) is 19.0 Å². The normalized spacial score (nSPS) is 15.4. The van der Waals surface area contributed by atoms with E-state index >= 15 is 0 Å². The molecule has 26 heavy (non-hydrogen) atoms. The lowest BCUT2D eigenvalue weighted by Gasteiger charge is -2.30. The van der Waals surface area contributed by atoms with Crippen molar-refractivity contribution in [3.63, 3.8) is 0 Å². The molecular formula is C18H24N4O4. The number of amides is 1. The first-order valence-electron chi connectivity index (χ1n) is 8.93. The van der Waals surface area contributed by atoms with Crippen LogP contribution in [0.1, 0.15) is 26.7 Å². The van der Waals surface area contributed by atoms with Gasteiger partial charge in [-0.1, -0.05) is 6.92 Å². The van der Waals surface area contributed by atoms with E-state index in [1.54, 1.807) is 11.0 Å². The maximum atomic E-state index is 12.9. The summed E-state index contributed by atoms with van der Waals surface area (Å²) in [4.78, 5) is 44.0. The van der Waals surface area contributed by atoms with Crippen LogP contribution in [0.3, 0.4) is 0 Å². The van der Waals surface area contributed by atoms with Crippen LogP contribution in [-0.2, 0) is 18.4 Å². The third-order valence-corrected chi connectivity index (χ3v) is 4.92. The first kappa shape index (κ1) is 18.2. The Morgan fingerprint density at radius 3 is 2.65 bits per heavy atom. The van der Waals surface area contributed by atoms with E-state index in [1.807, 2.05) is 6.92 Å². The fourth-order valence-electron chi connectivity index (χ4n) is 3.29. The Morgan fingerprint density at radius 1 is 1.31 bits per heavy atom. The number of nitrogens with zero attached hydrogens (tertiary/aromatic N) is 4. The van der Waals surface area contributed by atoms with Gasteiger partial charge in [-0.15, -0.1) is 0 Å². The number of carbonyl (C=O) groups is 1. The van der Waals surface area contributed by atoms with E-state index in [1.165, 1.54) is 17.8 Å². The van der Waals surface area contributed by atoms with Gasteiger partial charge in [0.25, 0.3) is 5.56 Å². The average Bonchev–Trinajstić information content (AvgIpc) is 2.64. The highest BCUT2D eigenvalue weighted by molar-refractivity contribution is 5.82. The summed E-state index contributed by atoms with van der Waals surface area (Å²) in [5, 5.41) is 0.219. The van der Waals surface area contributed by atoms with Crippen molar-refractivity contribution in [2.45, 2.75) is 33.2 Å². The van der Waals surface area contributed by atoms with Crippen LogP contribution in [0, 0.1) is 5.92 Å². The van der Waals surface area contributed by atoms with Gasteiger partial charge in [-0.3, -0.25) is 14.2 Å². The SMILES string of the molecule is CCOc1ccnc2c1c(=O)n(CC(=O)N1CCC(C)CC1)c(=O)n2C. The Labute approximate surface area is 151 Å². The van der Waals surface area contributed by atoms with E-state index in [4.69, 9.17) is 4.74 Å². The minimum Gasteiger partial charge on any atom is -0.493 e. The molecule has 0 spiro atoms. The molecule has 3 heterocycles. The van der Waals surface area contributed by atoms with Gasteiger partial charge in [-0.25, -0.2) is 14.3 Å². The van der Waals surface area contributed by atoms with Crippen molar-refractivity contribution in [2.24, 2.45) is 13.0 Å². The quantitative estimate of drug-likeness (QED) is 0.803. The van der Waals surface area contributed by atoms with Crippen LogP contribution < -0.4 is 16.0 Å². The molecule has 1 aliphatic rings. The maximum absolute atomic E-state index is 12.9. The smallest absolute Gasteiger partial charge is 0.332 e. The number of pyridine rings is 1. The van der Waals surface area contributed by atoms with E-state index in [9.17, 15) is 14.4 Å². The van der Waals surface area contributed by atoms with E-state index in [-0.39, 0.29) is 23.5 Å². The van der Waals surface area contributed by atoms with Crippen LogP contribution in [0.5, 0.6) is 5.75 Å². The fraction of sp³-hybridized carbons (Fsp3) is 0.556. The average molecular weight is 360 g/mol. The van der Waals surface area contributed by atoms with Gasteiger partial charge in [0.2, 0.25) is 5.91 Å². The van der Waals surface area contributed by atoms with Gasteiger partial charge >= 0.3 is 5.69 Å². The van der Waals surface area contributed by atoms with Crippen molar-refractivity contribution >= 4 is 16.9 Å². The number of fused-ring (bicyclic) bond motifs is 1. The second kappa shape index (κ2) is 7.31. The number of aryl methyl sites for hydroxylation is 1. The molecule has 0 atom stereocenters. The summed E-state index contributed by atoms with van der Waals surface area (Å²) in [6.07, 6.45) is 3.38. The minimum absolute atomic E-state index is 0.211. The molecule has 3 rings (SSSR count). The molecule has 1 fully saturated rings. The molecule has 140 valence electrons. The molecule has 0 aromatic carbocycles. The first-order valence-corrected chi connectivity index (χ1v) is 8.93. The number of carbonyl (C=O) groups excluding carboxylic acids is 1. The lowest BCUT2D eigenvalue weighted by Crippen LogP contribution is -2.46. The van der Waals surface area contributed by atoms with Gasteiger partial charge in [0.05, 0.1) is 6.61 Å². The van der Waals surface area contributed by atoms with Crippen LogP contribution in [0.25, 0.3) is 11.0 Å². The van der Waals surface area contributed by atoms with Gasteiger partial charge < -0.3 is 9.64 Å². The molecule has 0 bridgehead atoms. The Kier molecular flexibility index (Phi) is 5.11. The highest BCUT2D eigenvalue weighted by atomic mass is 16.5. The van der Waals surface area contributed by atoms with Crippen molar-refractivity contribution in [3.8, 4) is 5.75 Å². The van der Waals surface area contributed by atoms with Gasteiger partial charge in [0.15, 0.2) is 5.65 Å². The van der Waals surface area contributed by atoms with Crippen LogP contribution in [-0.4, -0.2) is 44.6 Å². The Hall–Kier alpha value is -2.64. The molecule has 2 aromatic heterocycles. The summed E-state index contributed by atoms with van der Waals surface area (Å²) in [6, 6.07) is 1.59. The van der Waals surface area contributed by atoms with E-state index in [0.29, 0.717) is 31.4 Å². The number of rotatable bonds is 4. The van der Waals surface area contributed by atoms with Gasteiger partial charge in [-0.2, -0.15) is 0 Å². The molecule has 8 nitrogen and oxygen atoms in total. The van der Waals surface area contributed by atoms with Crippen LogP contribution in [0.15, 0.2) is 21.9 Å². The molecule has 1 aliphatic heterocycles. The number of aromatic nitrogens is 3. The molecular weight excluding hydrogens is 336 g/mol. The number of hydrogen-bond acceptors (Lipinski definition) is 5. The Morgan fingerprint density at radius 2 is 2.00 bits per heavy atom. The summed E-state index contributed by atoms with van der Waals surface area (Å²) in [5.41, 5.74) is -0.845. The van der Waals surface area contributed by atoms with E-state index in [2.05, 4.69) is 11.9 Å². The summed E-state index contributed by atoms with van der Waals surface area (Å²) >= 11 is 0. The van der Waals surface area contributed by atoms with Crippen molar-refractivity contribution < 1.29 is 9.53 Å². The molecule has 1 amide bonds. The van der Waals surface area contributed by atoms with Crippen LogP contribution in [0.4, 0.5) is 0 Å². The summed E-state index contributed by atoms with van der Waals surface area (Å²) in [7, 11) is 1.54. The van der Waals surface area contributed by atoms with Crippen LogP contribution in [0.2, 0.25) is 0 Å². The van der Waals surface area contributed by atoms with E-state index < -0.39 is 11.2 Å². The number of piperidine rings is 1. The molecule has 1 saturated heterocycles. The van der Waals surface area contributed by atoms with Crippen molar-refractivity contribution in [2.75, 3.05) is 19.7 Å². The monoisotopic (exact) mass is 360 g/mol. The molecule has 2 aromatic rings. The largest absolute Gasteiger partial charge is 0.493 e. The van der Waals surface area contributed by atoms with E-state index in [0.717, 1.165) is 17.4 Å². The molecule has 0 radical (unpaired) electrons. The Bertz CT molecular complexity index is 939. The predicted molar refractivity (Wildman–Crippen MR) is 97.4 cm³/mol. The summed E-state index contributed by atoms with van der Waals surface area (Å²) < 4.78 is 7.78. The maximum Gasteiger partial charge on any atom is 0.332 e. The molecule has 0 N–H and O–H groups in total. The lowest BCUT2D eigenvalue weighted by molar-refractivity contribution is -0.133. The number of hydrogen-bond donors (Lipinski definition) is 0. The first-order chi connectivity index (χ1) is 12.4. The standard InChI is InChI=1S/C18H24N4O4/c1-4-26-13-5-8-19-16-15(13)17(24)22(18(25)20(16)3)11-14(23)21-9-6-12(2)7-10-21/h5,8,12H,4,6-7,9-11H2,1-3H3. The number of ether oxygens (including phenoxy) is 1. The second-order valence-electron chi connectivity index (χ2n) is 6.74. The Balaban J connectivity index is 2.03. The molecule has 0 unspecified atom stereocenters. The fourth-order valence-corrected chi connectivity index (χ4v) is 3.29.